The molecule has 0 fully saturated rings. The third-order valence-corrected chi connectivity index (χ3v) is 6.76. The van der Waals surface area contributed by atoms with Gasteiger partial charge in [-0.25, -0.2) is 4.98 Å². The minimum atomic E-state index is -4.57. The first-order valence-corrected chi connectivity index (χ1v) is 14.0. The molecular weight excluding hydrogens is 587 g/mol. The van der Waals surface area contributed by atoms with Gasteiger partial charge < -0.3 is 24.8 Å². The molecule has 9 nitrogen and oxygen atoms in total. The number of carbonyl (C=O) groups is 3. The van der Waals surface area contributed by atoms with E-state index < -0.39 is 24.2 Å². The second-order valence-electron chi connectivity index (χ2n) is 10.4. The highest BCUT2D eigenvalue weighted by Gasteiger charge is 2.38. The summed E-state index contributed by atoms with van der Waals surface area (Å²) in [5.74, 6) is -0.695. The molecule has 0 saturated carbocycles. The number of halogens is 4. The van der Waals surface area contributed by atoms with Crippen LogP contribution in [0.2, 0.25) is 5.02 Å². The lowest BCUT2D eigenvalue weighted by Gasteiger charge is -2.21. The van der Waals surface area contributed by atoms with Crippen molar-refractivity contribution in [3.63, 3.8) is 0 Å². The number of amides is 2. The summed E-state index contributed by atoms with van der Waals surface area (Å²) in [6, 6.07) is 10.7. The molecule has 2 atom stereocenters. The Labute approximate surface area is 253 Å². The zero-order chi connectivity index (χ0) is 31.9. The highest BCUT2D eigenvalue weighted by Crippen LogP contribution is 2.30. The van der Waals surface area contributed by atoms with Crippen LogP contribution in [0.1, 0.15) is 47.3 Å². The highest BCUT2D eigenvalue weighted by atomic mass is 35.5. The highest BCUT2D eigenvalue weighted by molar-refractivity contribution is 6.32. The summed E-state index contributed by atoms with van der Waals surface area (Å²) in [4.78, 5) is 43.5. The van der Waals surface area contributed by atoms with Crippen LogP contribution in [0.3, 0.4) is 0 Å². The fourth-order valence-electron chi connectivity index (χ4n) is 4.19. The minimum absolute atomic E-state index is 0.116. The maximum atomic E-state index is 13.1. The number of likely N-dealkylation sites (N-methyl/N-ethyl adjacent to an activating group) is 1. The van der Waals surface area contributed by atoms with Gasteiger partial charge in [0.25, 0.3) is 5.91 Å². The predicted molar refractivity (Wildman–Crippen MR) is 157 cm³/mol. The Hall–Kier alpha value is -3.90. The largest absolute Gasteiger partial charge is 0.480 e. The molecule has 0 aliphatic rings. The molecule has 1 heterocycles. The van der Waals surface area contributed by atoms with E-state index in [1.54, 1.807) is 23.6 Å². The number of aromatic nitrogens is 2. The third-order valence-electron chi connectivity index (χ3n) is 6.46. The lowest BCUT2D eigenvalue weighted by molar-refractivity contribution is -0.189. The fourth-order valence-corrected chi connectivity index (χ4v) is 4.42. The Balaban J connectivity index is 1.76. The van der Waals surface area contributed by atoms with Crippen molar-refractivity contribution in [3.8, 4) is 17.0 Å². The second kappa shape index (κ2) is 14.5. The van der Waals surface area contributed by atoms with Crippen molar-refractivity contribution in [2.45, 2.75) is 52.1 Å². The number of hydrogen-bond acceptors (Lipinski definition) is 6. The molecule has 0 bridgehead atoms. The van der Waals surface area contributed by atoms with Crippen molar-refractivity contribution in [3.05, 3.63) is 70.6 Å². The molecule has 2 amide bonds. The molecule has 232 valence electrons. The monoisotopic (exact) mass is 621 g/mol. The summed E-state index contributed by atoms with van der Waals surface area (Å²) >= 11 is 6.13. The summed E-state index contributed by atoms with van der Waals surface area (Å²) < 4.78 is 45.3. The topological polar surface area (TPSA) is 106 Å². The minimum Gasteiger partial charge on any atom is -0.480 e. The molecule has 2 N–H and O–H groups in total. The predicted octanol–water partition coefficient (Wildman–Crippen LogP) is 4.77. The zero-order valence-electron chi connectivity index (χ0n) is 24.6. The molecule has 2 unspecified atom stereocenters. The lowest BCUT2D eigenvalue weighted by atomic mass is 10.0. The van der Waals surface area contributed by atoms with Gasteiger partial charge in [-0.15, -0.1) is 0 Å². The number of alkyl halides is 3. The van der Waals surface area contributed by atoms with Crippen LogP contribution in [0.5, 0.6) is 5.75 Å². The van der Waals surface area contributed by atoms with Crippen molar-refractivity contribution in [1.29, 1.82) is 0 Å². The first kappa shape index (κ1) is 33.6. The van der Waals surface area contributed by atoms with Gasteiger partial charge in [0, 0.05) is 37.3 Å². The van der Waals surface area contributed by atoms with Gasteiger partial charge in [-0.2, -0.15) is 13.2 Å². The number of ketones is 1. The second-order valence-corrected chi connectivity index (χ2v) is 10.8. The van der Waals surface area contributed by atoms with Crippen molar-refractivity contribution < 1.29 is 32.3 Å². The van der Waals surface area contributed by atoms with E-state index >= 15 is 0 Å². The van der Waals surface area contributed by atoms with Gasteiger partial charge in [-0.1, -0.05) is 35.9 Å². The first-order valence-electron chi connectivity index (χ1n) is 13.6. The smallest absolute Gasteiger partial charge is 0.425 e. The van der Waals surface area contributed by atoms with E-state index in [1.807, 2.05) is 37.4 Å². The van der Waals surface area contributed by atoms with E-state index in [2.05, 4.69) is 15.6 Å². The van der Waals surface area contributed by atoms with Crippen LogP contribution in [0, 0.1) is 0 Å². The number of imidazole rings is 1. The molecule has 43 heavy (non-hydrogen) atoms. The number of aryl methyl sites for hydroxylation is 1. The van der Waals surface area contributed by atoms with Gasteiger partial charge in [0.15, 0.2) is 17.7 Å². The molecular formula is C30H35ClF3N5O4. The molecule has 13 heteroatoms. The zero-order valence-corrected chi connectivity index (χ0v) is 25.3. The summed E-state index contributed by atoms with van der Waals surface area (Å²) in [5, 5.41) is 5.55. The number of Topliss-reactive ketones (excluding diaryl/α,β-unsaturated/α-hetero) is 1. The van der Waals surface area contributed by atoms with E-state index in [0.717, 1.165) is 18.1 Å². The van der Waals surface area contributed by atoms with Gasteiger partial charge in [-0.05, 0) is 58.1 Å². The summed E-state index contributed by atoms with van der Waals surface area (Å²) in [5.41, 5.74) is 2.45. The number of benzene rings is 2. The van der Waals surface area contributed by atoms with Crippen molar-refractivity contribution in [2.24, 2.45) is 0 Å². The molecule has 0 aliphatic heterocycles. The molecule has 0 radical (unpaired) electrons. The van der Waals surface area contributed by atoms with Crippen LogP contribution in [-0.2, 0) is 17.8 Å². The van der Waals surface area contributed by atoms with E-state index in [4.69, 9.17) is 16.3 Å². The van der Waals surface area contributed by atoms with Gasteiger partial charge in [0.1, 0.15) is 5.75 Å². The average molecular weight is 622 g/mol. The number of nitrogens with one attached hydrogen (secondary N) is 2. The maximum Gasteiger partial charge on any atom is 0.425 e. The fraction of sp³-hybridized carbons (Fsp3) is 0.400. The van der Waals surface area contributed by atoms with Gasteiger partial charge in [0.2, 0.25) is 5.91 Å². The molecule has 0 spiro atoms. The Morgan fingerprint density at radius 3 is 2.33 bits per heavy atom. The Morgan fingerprint density at radius 2 is 1.79 bits per heavy atom. The molecule has 0 saturated heterocycles. The number of carbonyl (C=O) groups excluding carboxylic acids is 3. The van der Waals surface area contributed by atoms with Gasteiger partial charge in [-0.3, -0.25) is 14.4 Å². The van der Waals surface area contributed by atoms with Crippen LogP contribution in [0.25, 0.3) is 11.3 Å². The Bertz CT molecular complexity index is 1440. The lowest BCUT2D eigenvalue weighted by Crippen LogP contribution is -2.46. The van der Waals surface area contributed by atoms with E-state index in [1.165, 1.54) is 25.1 Å². The van der Waals surface area contributed by atoms with Crippen LogP contribution >= 0.6 is 11.6 Å². The van der Waals surface area contributed by atoms with Crippen LogP contribution in [0.4, 0.5) is 13.2 Å². The molecule has 2 aromatic carbocycles. The average Bonchev–Trinajstić information content (AvgIpc) is 3.37. The van der Waals surface area contributed by atoms with Gasteiger partial charge >= 0.3 is 6.18 Å². The molecule has 3 rings (SSSR count). The Morgan fingerprint density at radius 1 is 1.12 bits per heavy atom. The quantitative estimate of drug-likeness (QED) is 0.266. The van der Waals surface area contributed by atoms with E-state index in [0.29, 0.717) is 24.5 Å². The van der Waals surface area contributed by atoms with Crippen LogP contribution in [0.15, 0.2) is 48.7 Å². The number of ether oxygens (including phenoxy) is 1. The SMILES string of the molecule is CCn1cc(-c2ccc(CC(CNC(=O)CN(C)C)NC(=O)c3ccc(OC(C)C(F)(F)F)c(Cl)c3)cc2)nc1C(C)=O. The van der Waals surface area contributed by atoms with E-state index in [-0.39, 0.29) is 41.1 Å². The normalized spacial score (nSPS) is 13.0. The summed E-state index contributed by atoms with van der Waals surface area (Å²) in [6.45, 7) is 5.15. The van der Waals surface area contributed by atoms with Crippen molar-refractivity contribution in [1.82, 2.24) is 25.1 Å². The standard InChI is InChI=1S/C30H35ClF3N5O4/c1-6-39-16-25(37-28(39)18(2)40)21-9-7-20(8-10-21)13-23(15-35-27(41)17-38(4)5)36-29(42)22-11-12-26(24(31)14-22)43-19(3)30(32,33)34/h7-12,14,16,19,23H,6,13,15,17H2,1-5H3,(H,35,41)(H,36,42). The number of nitrogens with zero attached hydrogens (tertiary/aromatic N) is 3. The molecule has 1 aromatic heterocycles. The molecule has 3 aromatic rings. The van der Waals surface area contributed by atoms with Gasteiger partial charge in [0.05, 0.1) is 23.3 Å². The summed E-state index contributed by atoms with van der Waals surface area (Å²) in [6.07, 6.45) is -4.48. The van der Waals surface area contributed by atoms with Crippen molar-refractivity contribution >= 4 is 29.2 Å². The molecule has 0 aliphatic carbocycles. The van der Waals surface area contributed by atoms with Crippen molar-refractivity contribution in [2.75, 3.05) is 27.2 Å². The van der Waals surface area contributed by atoms with Crippen LogP contribution in [-0.4, -0.2) is 77.6 Å². The summed E-state index contributed by atoms with van der Waals surface area (Å²) in [7, 11) is 3.52. The van der Waals surface area contributed by atoms with E-state index in [9.17, 15) is 27.6 Å². The maximum absolute atomic E-state index is 13.1. The number of rotatable bonds is 13. The first-order chi connectivity index (χ1) is 20.2. The third kappa shape index (κ3) is 9.55. The Kier molecular flexibility index (Phi) is 11.3. The number of hydrogen-bond donors (Lipinski definition) is 2. The van der Waals surface area contributed by atoms with Crippen LogP contribution < -0.4 is 15.4 Å².